The number of urea groups is 1. The van der Waals surface area contributed by atoms with Gasteiger partial charge in [-0.25, -0.2) is 9.59 Å². The van der Waals surface area contributed by atoms with Gasteiger partial charge in [-0.1, -0.05) is 36.4 Å². The number of hydrogen-bond donors (Lipinski definition) is 2. The monoisotopic (exact) mass is 369 g/mol. The fraction of sp³-hybridized carbons (Fsp3) is 0.250. The van der Waals surface area contributed by atoms with E-state index in [2.05, 4.69) is 17.2 Å². The second kappa shape index (κ2) is 9.38. The topological polar surface area (TPSA) is 89.4 Å². The maximum absolute atomic E-state index is 12.3. The Kier molecular flexibility index (Phi) is 6.93. The van der Waals surface area contributed by atoms with Crippen LogP contribution in [0.4, 0.5) is 4.79 Å². The zero-order valence-corrected chi connectivity index (χ0v) is 15.5. The first-order valence-corrected chi connectivity index (χ1v) is 8.48. The Bertz CT molecular complexity index is 840. The highest BCUT2D eigenvalue weighted by Crippen LogP contribution is 2.18. The molecule has 0 aliphatic heterocycles. The summed E-state index contributed by atoms with van der Waals surface area (Å²) in [6.07, 6.45) is 1.48. The Morgan fingerprint density at radius 3 is 2.56 bits per heavy atom. The van der Waals surface area contributed by atoms with E-state index in [-0.39, 0.29) is 6.54 Å². The molecular weight excluding hydrogens is 346 g/mol. The molecule has 0 aliphatic rings. The van der Waals surface area contributed by atoms with Gasteiger partial charge in [-0.2, -0.15) is 0 Å². The van der Waals surface area contributed by atoms with Gasteiger partial charge in [0.25, 0.3) is 5.91 Å². The van der Waals surface area contributed by atoms with Crippen LogP contribution in [0.1, 0.15) is 27.3 Å². The van der Waals surface area contributed by atoms with Crippen molar-refractivity contribution < 1.29 is 19.1 Å². The minimum absolute atomic E-state index is 0.228. The third-order valence-electron chi connectivity index (χ3n) is 3.97. The molecule has 142 valence electrons. The van der Waals surface area contributed by atoms with E-state index in [9.17, 15) is 14.4 Å². The normalized spacial score (nSPS) is 10.1. The number of nitrogens with zero attached hydrogens (tertiary/aromatic N) is 1. The van der Waals surface area contributed by atoms with Crippen molar-refractivity contribution in [2.75, 3.05) is 13.2 Å². The molecule has 0 saturated heterocycles. The van der Waals surface area contributed by atoms with Gasteiger partial charge in [0.2, 0.25) is 0 Å². The standard InChI is InChI=1S/C20H23N3O4/c1-4-10-21-20(26)22-18(24)13-27-19(25)17-11-14(2)23(15(17)3)12-16-8-6-5-7-9-16/h4-9,11H,1,10,12-13H2,2-3H3,(H2,21,22,24,26). The number of benzene rings is 1. The lowest BCUT2D eigenvalue weighted by Gasteiger charge is -2.10. The van der Waals surface area contributed by atoms with Crippen molar-refractivity contribution in [3.63, 3.8) is 0 Å². The van der Waals surface area contributed by atoms with Gasteiger partial charge in [0, 0.05) is 24.5 Å². The average molecular weight is 369 g/mol. The molecule has 0 aliphatic carbocycles. The summed E-state index contributed by atoms with van der Waals surface area (Å²) in [5.41, 5.74) is 3.18. The number of esters is 1. The number of amides is 3. The maximum atomic E-state index is 12.3. The third kappa shape index (κ3) is 5.57. The van der Waals surface area contributed by atoms with Crippen LogP contribution in [-0.2, 0) is 16.1 Å². The summed E-state index contributed by atoms with van der Waals surface area (Å²) in [5, 5.41) is 4.46. The molecule has 0 radical (unpaired) electrons. The van der Waals surface area contributed by atoms with Gasteiger partial charge >= 0.3 is 12.0 Å². The number of ether oxygens (including phenoxy) is 1. The molecule has 0 saturated carbocycles. The van der Waals surface area contributed by atoms with Gasteiger partial charge < -0.3 is 14.6 Å². The molecule has 0 fully saturated rings. The van der Waals surface area contributed by atoms with Crippen molar-refractivity contribution >= 4 is 17.9 Å². The first-order valence-electron chi connectivity index (χ1n) is 8.48. The van der Waals surface area contributed by atoms with E-state index in [1.807, 2.05) is 48.7 Å². The molecule has 0 atom stereocenters. The van der Waals surface area contributed by atoms with Crippen LogP contribution in [0.25, 0.3) is 0 Å². The van der Waals surface area contributed by atoms with E-state index in [1.165, 1.54) is 6.08 Å². The summed E-state index contributed by atoms with van der Waals surface area (Å²) in [5.74, 6) is -1.31. The van der Waals surface area contributed by atoms with Crippen LogP contribution in [0.5, 0.6) is 0 Å². The van der Waals surface area contributed by atoms with Crippen molar-refractivity contribution in [2.24, 2.45) is 0 Å². The van der Waals surface area contributed by atoms with Gasteiger partial charge in [0.05, 0.1) is 5.56 Å². The molecule has 2 N–H and O–H groups in total. The Morgan fingerprint density at radius 2 is 1.89 bits per heavy atom. The van der Waals surface area contributed by atoms with E-state index in [0.29, 0.717) is 12.1 Å². The molecule has 7 heteroatoms. The Hall–Kier alpha value is -3.35. The third-order valence-corrected chi connectivity index (χ3v) is 3.97. The van der Waals surface area contributed by atoms with Crippen LogP contribution >= 0.6 is 0 Å². The quantitative estimate of drug-likeness (QED) is 0.579. The van der Waals surface area contributed by atoms with E-state index < -0.39 is 24.5 Å². The summed E-state index contributed by atoms with van der Waals surface area (Å²) in [7, 11) is 0. The zero-order valence-electron chi connectivity index (χ0n) is 15.5. The first-order chi connectivity index (χ1) is 12.9. The first kappa shape index (κ1) is 20.0. The second-order valence-corrected chi connectivity index (χ2v) is 5.98. The number of aromatic nitrogens is 1. The van der Waals surface area contributed by atoms with Crippen molar-refractivity contribution in [1.29, 1.82) is 0 Å². The zero-order chi connectivity index (χ0) is 19.8. The van der Waals surface area contributed by atoms with Crippen LogP contribution in [0, 0.1) is 13.8 Å². The molecule has 0 unspecified atom stereocenters. The molecule has 27 heavy (non-hydrogen) atoms. The smallest absolute Gasteiger partial charge is 0.340 e. The summed E-state index contributed by atoms with van der Waals surface area (Å²) in [6, 6.07) is 11.0. The van der Waals surface area contributed by atoms with Gasteiger partial charge in [0.15, 0.2) is 6.61 Å². The number of rotatable bonds is 7. The lowest BCUT2D eigenvalue weighted by Crippen LogP contribution is -2.41. The predicted octanol–water partition coefficient (Wildman–Crippen LogP) is 2.32. The average Bonchev–Trinajstić information content (AvgIpc) is 2.93. The number of hydrogen-bond acceptors (Lipinski definition) is 4. The molecule has 2 rings (SSSR count). The molecule has 7 nitrogen and oxygen atoms in total. The number of carbonyl (C=O) groups excluding carboxylic acids is 3. The number of imide groups is 1. The van der Waals surface area contributed by atoms with Crippen LogP contribution in [0.3, 0.4) is 0 Å². The van der Waals surface area contributed by atoms with Crippen molar-refractivity contribution in [2.45, 2.75) is 20.4 Å². The second-order valence-electron chi connectivity index (χ2n) is 5.98. The number of carbonyl (C=O) groups is 3. The highest BCUT2D eigenvalue weighted by molar-refractivity contribution is 5.97. The summed E-state index contributed by atoms with van der Waals surface area (Å²) in [6.45, 7) is 7.51. The van der Waals surface area contributed by atoms with Crippen LogP contribution in [0.2, 0.25) is 0 Å². The van der Waals surface area contributed by atoms with Crippen molar-refractivity contribution in [3.8, 4) is 0 Å². The number of nitrogens with one attached hydrogen (secondary N) is 2. The lowest BCUT2D eigenvalue weighted by atomic mass is 10.2. The van der Waals surface area contributed by atoms with Gasteiger partial charge in [0.1, 0.15) is 0 Å². The Labute approximate surface area is 158 Å². The van der Waals surface area contributed by atoms with E-state index in [0.717, 1.165) is 17.0 Å². The van der Waals surface area contributed by atoms with E-state index in [1.54, 1.807) is 6.07 Å². The van der Waals surface area contributed by atoms with E-state index in [4.69, 9.17) is 4.74 Å². The molecule has 0 bridgehead atoms. The Morgan fingerprint density at radius 1 is 1.19 bits per heavy atom. The van der Waals surface area contributed by atoms with Crippen LogP contribution in [-0.4, -0.2) is 35.6 Å². The van der Waals surface area contributed by atoms with E-state index >= 15 is 0 Å². The summed E-state index contributed by atoms with van der Waals surface area (Å²) in [4.78, 5) is 35.4. The minimum Gasteiger partial charge on any atom is -0.452 e. The Balaban J connectivity index is 1.96. The molecule has 1 heterocycles. The maximum Gasteiger partial charge on any atom is 0.340 e. The highest BCUT2D eigenvalue weighted by Gasteiger charge is 2.18. The molecule has 2 aromatic rings. The minimum atomic E-state index is -0.706. The lowest BCUT2D eigenvalue weighted by molar-refractivity contribution is -0.123. The predicted molar refractivity (Wildman–Crippen MR) is 101 cm³/mol. The SMILES string of the molecule is C=CCNC(=O)NC(=O)COC(=O)c1cc(C)n(Cc2ccccc2)c1C. The summed E-state index contributed by atoms with van der Waals surface area (Å²) >= 11 is 0. The van der Waals surface area contributed by atoms with Crippen molar-refractivity contribution in [1.82, 2.24) is 15.2 Å². The van der Waals surface area contributed by atoms with Gasteiger partial charge in [-0.3, -0.25) is 10.1 Å². The summed E-state index contributed by atoms with van der Waals surface area (Å²) < 4.78 is 7.04. The number of aryl methyl sites for hydroxylation is 1. The van der Waals surface area contributed by atoms with Gasteiger partial charge in [-0.15, -0.1) is 6.58 Å². The highest BCUT2D eigenvalue weighted by atomic mass is 16.5. The van der Waals surface area contributed by atoms with Crippen molar-refractivity contribution in [3.05, 3.63) is 71.6 Å². The fourth-order valence-corrected chi connectivity index (χ4v) is 2.60. The van der Waals surface area contributed by atoms with Gasteiger partial charge in [-0.05, 0) is 25.5 Å². The molecule has 1 aromatic carbocycles. The fourth-order valence-electron chi connectivity index (χ4n) is 2.60. The molecule has 3 amide bonds. The van der Waals surface area contributed by atoms with Crippen LogP contribution < -0.4 is 10.6 Å². The largest absolute Gasteiger partial charge is 0.452 e. The van der Waals surface area contributed by atoms with Crippen LogP contribution in [0.15, 0.2) is 49.1 Å². The molecule has 0 spiro atoms. The molecular formula is C20H23N3O4. The molecule has 1 aromatic heterocycles.